The van der Waals surface area contributed by atoms with Crippen LogP contribution in [0.2, 0.25) is 0 Å². The first-order valence-corrected chi connectivity index (χ1v) is 14.7. The quantitative estimate of drug-likeness (QED) is 0.316. The fourth-order valence-electron chi connectivity index (χ4n) is 5.84. The topological polar surface area (TPSA) is 91.0 Å². The summed E-state index contributed by atoms with van der Waals surface area (Å²) in [6.45, 7) is 3.86. The van der Waals surface area contributed by atoms with Crippen molar-refractivity contribution in [2.45, 2.75) is 44.7 Å². The van der Waals surface area contributed by atoms with Crippen molar-refractivity contribution in [3.05, 3.63) is 93.5 Å². The van der Waals surface area contributed by atoms with Gasteiger partial charge in [-0.3, -0.25) is 14.3 Å². The van der Waals surface area contributed by atoms with E-state index in [4.69, 9.17) is 5.10 Å². The number of nitrogens with one attached hydrogen (secondary N) is 1. The Bertz CT molecular complexity index is 1640. The van der Waals surface area contributed by atoms with Crippen LogP contribution >= 0.6 is 11.8 Å². The minimum atomic E-state index is -1.50. The zero-order chi connectivity index (χ0) is 27.6. The van der Waals surface area contributed by atoms with Crippen LogP contribution in [0, 0.1) is 17.2 Å². The molecular formula is C32H31N5O2S. The van der Waals surface area contributed by atoms with Gasteiger partial charge in [-0.25, -0.2) is 0 Å². The van der Waals surface area contributed by atoms with Gasteiger partial charge in [0, 0.05) is 28.9 Å². The average Bonchev–Trinajstić information content (AvgIpc) is 3.67. The highest BCUT2D eigenvalue weighted by Gasteiger charge is 2.34. The Morgan fingerprint density at radius 1 is 1.15 bits per heavy atom. The predicted molar refractivity (Wildman–Crippen MR) is 159 cm³/mol. The number of para-hydroxylation sites is 1. The van der Waals surface area contributed by atoms with Gasteiger partial charge in [0.2, 0.25) is 11.7 Å². The highest BCUT2D eigenvalue weighted by molar-refractivity contribution is 8.10. The molecule has 1 aromatic carbocycles. The second-order valence-corrected chi connectivity index (χ2v) is 11.3. The fourth-order valence-corrected chi connectivity index (χ4v) is 6.78. The Hall–Kier alpha value is -4.09. The molecule has 6 rings (SSSR count). The zero-order valence-corrected chi connectivity index (χ0v) is 23.2. The summed E-state index contributed by atoms with van der Waals surface area (Å²) in [5.74, 6) is -2.68. The molecule has 2 aliphatic heterocycles. The van der Waals surface area contributed by atoms with Crippen molar-refractivity contribution in [3.8, 4) is 6.07 Å². The predicted octanol–water partition coefficient (Wildman–Crippen LogP) is 4.22. The molecule has 40 heavy (non-hydrogen) atoms. The van der Waals surface area contributed by atoms with Crippen molar-refractivity contribution in [1.82, 2.24) is 15.1 Å². The molecule has 1 aromatic heterocycles. The Labute approximate surface area is 237 Å². The number of hydrogen-bond acceptors (Lipinski definition) is 6. The van der Waals surface area contributed by atoms with Crippen molar-refractivity contribution in [1.29, 1.82) is 5.26 Å². The van der Waals surface area contributed by atoms with Gasteiger partial charge in [0.05, 0.1) is 23.5 Å². The minimum Gasteiger partial charge on any atom is -0.371 e. The fraction of sp³-hybridized carbons (Fsp3) is 0.312. The molecule has 2 aromatic rings. The summed E-state index contributed by atoms with van der Waals surface area (Å²) in [6, 6.07) is 9.49. The third-order valence-corrected chi connectivity index (χ3v) is 8.85. The SMILES string of the molecule is CC(NC(=O)C(C#N)C(=O)c1nn(C2C=CCC=C2)c2c1=CSC1=CC=CCC=21)c1ccccc1N1CCCC1. The maximum absolute atomic E-state index is 13.9. The number of nitrogens with zero attached hydrogens (tertiary/aromatic N) is 4. The second-order valence-electron chi connectivity index (χ2n) is 10.4. The Morgan fingerprint density at radius 3 is 2.70 bits per heavy atom. The van der Waals surface area contributed by atoms with E-state index in [0.29, 0.717) is 5.22 Å². The van der Waals surface area contributed by atoms with E-state index in [0.717, 1.165) is 65.9 Å². The summed E-state index contributed by atoms with van der Waals surface area (Å²) in [5, 5.41) is 21.3. The molecule has 2 aliphatic carbocycles. The number of carbonyl (C=O) groups excluding carboxylic acids is 2. The lowest BCUT2D eigenvalue weighted by molar-refractivity contribution is -0.122. The van der Waals surface area contributed by atoms with Crippen molar-refractivity contribution in [2.24, 2.45) is 5.92 Å². The molecule has 0 bridgehead atoms. The zero-order valence-electron chi connectivity index (χ0n) is 22.4. The molecule has 0 spiro atoms. The third kappa shape index (κ3) is 4.75. The Kier molecular flexibility index (Phi) is 7.31. The first kappa shape index (κ1) is 26.1. The van der Waals surface area contributed by atoms with Crippen molar-refractivity contribution < 1.29 is 9.59 Å². The molecule has 0 radical (unpaired) electrons. The van der Waals surface area contributed by atoms with E-state index in [1.807, 2.05) is 47.4 Å². The standard InChI is InChI=1S/C32H31N5O2S/c1-21(23-13-5-7-15-27(23)36-17-9-10-18-36)34-32(39)25(19-33)31(38)29-26-20-40-28-16-8-6-14-24(28)30(26)37(35-29)22-11-3-2-4-12-22/h3-8,11-13,15-16,20-22,25H,2,9-10,14,17-18H2,1H3,(H,34,39). The summed E-state index contributed by atoms with van der Waals surface area (Å²) in [6.07, 6.45) is 18.4. The molecular weight excluding hydrogens is 518 g/mol. The summed E-state index contributed by atoms with van der Waals surface area (Å²) in [5.41, 5.74) is 3.34. The van der Waals surface area contributed by atoms with Crippen LogP contribution in [0.1, 0.15) is 60.7 Å². The Balaban J connectivity index is 1.33. The monoisotopic (exact) mass is 549 g/mol. The van der Waals surface area contributed by atoms with E-state index in [1.54, 1.807) is 11.8 Å². The van der Waals surface area contributed by atoms with Gasteiger partial charge in [-0.1, -0.05) is 66.4 Å². The molecule has 4 aliphatic rings. The Morgan fingerprint density at radius 2 is 1.93 bits per heavy atom. The lowest BCUT2D eigenvalue weighted by Gasteiger charge is -2.25. The van der Waals surface area contributed by atoms with Crippen molar-refractivity contribution in [2.75, 3.05) is 18.0 Å². The molecule has 1 amide bonds. The second kappa shape index (κ2) is 11.2. The third-order valence-electron chi connectivity index (χ3n) is 7.86. The van der Waals surface area contributed by atoms with Gasteiger partial charge in [0.1, 0.15) is 5.69 Å². The molecule has 3 heterocycles. The number of carbonyl (C=O) groups is 2. The molecule has 202 valence electrons. The number of allylic oxidation sites excluding steroid dienone is 8. The van der Waals surface area contributed by atoms with Gasteiger partial charge in [-0.05, 0) is 61.3 Å². The summed E-state index contributed by atoms with van der Waals surface area (Å²) in [4.78, 5) is 30.8. The summed E-state index contributed by atoms with van der Waals surface area (Å²) < 4.78 is 1.87. The van der Waals surface area contributed by atoms with Crippen LogP contribution in [0.15, 0.2) is 71.7 Å². The van der Waals surface area contributed by atoms with Crippen molar-refractivity contribution >= 4 is 40.1 Å². The number of thioether (sulfide) groups is 1. The van der Waals surface area contributed by atoms with E-state index in [2.05, 4.69) is 52.7 Å². The highest BCUT2D eigenvalue weighted by atomic mass is 32.2. The van der Waals surface area contributed by atoms with E-state index in [9.17, 15) is 14.9 Å². The van der Waals surface area contributed by atoms with Crippen LogP contribution in [0.3, 0.4) is 0 Å². The van der Waals surface area contributed by atoms with Crippen LogP contribution in [-0.2, 0) is 4.79 Å². The number of Topliss-reactive ketones (excluding diaryl/α,β-unsaturated/α-hetero) is 1. The molecule has 1 saturated heterocycles. The summed E-state index contributed by atoms with van der Waals surface area (Å²) in [7, 11) is 0. The maximum Gasteiger partial charge on any atom is 0.245 e. The van der Waals surface area contributed by atoms with E-state index < -0.39 is 17.6 Å². The first-order valence-electron chi connectivity index (χ1n) is 13.8. The number of amides is 1. The number of aromatic nitrogens is 2. The minimum absolute atomic E-state index is 0.142. The number of rotatable bonds is 7. The number of anilines is 1. The van der Waals surface area contributed by atoms with Gasteiger partial charge >= 0.3 is 0 Å². The van der Waals surface area contributed by atoms with Gasteiger partial charge < -0.3 is 10.2 Å². The number of fused-ring (bicyclic) bond motifs is 2. The number of hydrogen-bond donors (Lipinski definition) is 1. The van der Waals surface area contributed by atoms with Gasteiger partial charge in [0.15, 0.2) is 5.92 Å². The lowest BCUT2D eigenvalue weighted by Crippen LogP contribution is -2.40. The molecule has 8 heteroatoms. The average molecular weight is 550 g/mol. The molecule has 1 fully saturated rings. The van der Waals surface area contributed by atoms with Crippen molar-refractivity contribution in [3.63, 3.8) is 0 Å². The largest absolute Gasteiger partial charge is 0.371 e. The molecule has 1 N–H and O–H groups in total. The summed E-state index contributed by atoms with van der Waals surface area (Å²) >= 11 is 1.55. The molecule has 7 nitrogen and oxygen atoms in total. The smallest absolute Gasteiger partial charge is 0.245 e. The number of nitriles is 1. The number of ketones is 1. The van der Waals surface area contributed by atoms with Crippen LogP contribution in [0.25, 0.3) is 11.0 Å². The van der Waals surface area contributed by atoms with Crippen LogP contribution in [0.5, 0.6) is 0 Å². The van der Waals surface area contributed by atoms with E-state index in [1.165, 1.54) is 0 Å². The first-order chi connectivity index (χ1) is 19.6. The van der Waals surface area contributed by atoms with Gasteiger partial charge in [-0.2, -0.15) is 10.4 Å². The van der Waals surface area contributed by atoms with Crippen LogP contribution in [-0.4, -0.2) is 34.6 Å². The normalized spacial score (nSPS) is 19.2. The highest BCUT2D eigenvalue weighted by Crippen LogP contribution is 2.33. The van der Waals surface area contributed by atoms with Gasteiger partial charge in [-0.15, -0.1) is 0 Å². The van der Waals surface area contributed by atoms with Crippen LogP contribution in [0.4, 0.5) is 5.69 Å². The van der Waals surface area contributed by atoms with Crippen LogP contribution < -0.4 is 20.8 Å². The lowest BCUT2D eigenvalue weighted by atomic mass is 9.98. The number of benzene rings is 1. The van der Waals surface area contributed by atoms with E-state index >= 15 is 0 Å². The molecule has 0 saturated carbocycles. The van der Waals surface area contributed by atoms with Gasteiger partial charge in [0.25, 0.3) is 0 Å². The maximum atomic E-state index is 13.9. The molecule has 2 atom stereocenters. The van der Waals surface area contributed by atoms with E-state index in [-0.39, 0.29) is 17.8 Å². The molecule has 2 unspecified atom stereocenters.